The molecule has 0 radical (unpaired) electrons. The van der Waals surface area contributed by atoms with Gasteiger partial charge in [-0.1, -0.05) is 0 Å². The van der Waals surface area contributed by atoms with Crippen molar-refractivity contribution in [1.29, 1.82) is 0 Å². The lowest BCUT2D eigenvalue weighted by Crippen LogP contribution is -2.31. The third-order valence-corrected chi connectivity index (χ3v) is 1.43. The van der Waals surface area contributed by atoms with Crippen LogP contribution in [0.2, 0.25) is 0 Å². The number of phenolic OH excluding ortho intramolecular Hbond substituents is 2. The molecule has 0 spiro atoms. The molecule has 3 N–H and O–H groups in total. The summed E-state index contributed by atoms with van der Waals surface area (Å²) in [6, 6.07) is 3.80. The largest absolute Gasteiger partial charge is 0.508 e. The van der Waals surface area contributed by atoms with Crippen molar-refractivity contribution >= 4 is 12.6 Å². The smallest absolute Gasteiger partial charge is 0.491 e. The standard InChI is InChI=1S/C7H9BO4/c1-12-8(11)5-2-6(9)4-7(10)3-5/h2-4,9-11H,1H3. The van der Waals surface area contributed by atoms with Gasteiger partial charge in [0.05, 0.1) is 0 Å². The molecule has 0 aliphatic carbocycles. The van der Waals surface area contributed by atoms with E-state index in [2.05, 4.69) is 4.65 Å². The zero-order valence-electron chi connectivity index (χ0n) is 6.56. The van der Waals surface area contributed by atoms with E-state index in [1.807, 2.05) is 0 Å². The molecule has 0 atom stereocenters. The van der Waals surface area contributed by atoms with Crippen molar-refractivity contribution in [2.75, 3.05) is 7.11 Å². The summed E-state index contributed by atoms with van der Waals surface area (Å²) in [6.07, 6.45) is 0. The van der Waals surface area contributed by atoms with Gasteiger partial charge in [0.15, 0.2) is 0 Å². The van der Waals surface area contributed by atoms with Crippen molar-refractivity contribution in [2.45, 2.75) is 0 Å². The Kier molecular flexibility index (Phi) is 2.57. The molecule has 0 heterocycles. The maximum absolute atomic E-state index is 9.13. The Balaban J connectivity index is 3.00. The van der Waals surface area contributed by atoms with Crippen molar-refractivity contribution in [1.82, 2.24) is 0 Å². The Morgan fingerprint density at radius 1 is 1.17 bits per heavy atom. The minimum Gasteiger partial charge on any atom is -0.508 e. The molecule has 0 fully saturated rings. The molecule has 1 aromatic rings. The molecular formula is C7H9BO4. The van der Waals surface area contributed by atoms with Crippen molar-refractivity contribution in [3.63, 3.8) is 0 Å². The van der Waals surface area contributed by atoms with Crippen LogP contribution in [0.5, 0.6) is 11.5 Å². The third-order valence-electron chi connectivity index (χ3n) is 1.43. The SMILES string of the molecule is COB(O)c1cc(O)cc(O)c1. The van der Waals surface area contributed by atoms with E-state index in [1.165, 1.54) is 25.3 Å². The fourth-order valence-corrected chi connectivity index (χ4v) is 0.897. The molecule has 0 aromatic heterocycles. The lowest BCUT2D eigenvalue weighted by atomic mass is 9.79. The second-order valence-corrected chi connectivity index (χ2v) is 2.37. The van der Waals surface area contributed by atoms with Gasteiger partial charge in [-0.05, 0) is 17.6 Å². The Bertz CT molecular complexity index is 256. The first-order chi connectivity index (χ1) is 5.63. The normalized spacial score (nSPS) is 9.83. The molecule has 1 rings (SSSR count). The topological polar surface area (TPSA) is 69.9 Å². The predicted octanol–water partition coefficient (Wildman–Crippen LogP) is -0.568. The van der Waals surface area contributed by atoms with Crippen LogP contribution in [0, 0.1) is 0 Å². The third kappa shape index (κ3) is 1.90. The summed E-state index contributed by atoms with van der Waals surface area (Å²) < 4.78 is 4.58. The fourth-order valence-electron chi connectivity index (χ4n) is 0.897. The summed E-state index contributed by atoms with van der Waals surface area (Å²) in [7, 11) is 0.203. The van der Waals surface area contributed by atoms with Crippen molar-refractivity contribution in [2.24, 2.45) is 0 Å². The van der Waals surface area contributed by atoms with Crippen LogP contribution >= 0.6 is 0 Å². The minimum absolute atomic E-state index is 0.110. The van der Waals surface area contributed by atoms with E-state index in [9.17, 15) is 0 Å². The second kappa shape index (κ2) is 3.47. The van der Waals surface area contributed by atoms with Gasteiger partial charge in [-0.15, -0.1) is 0 Å². The van der Waals surface area contributed by atoms with Crippen molar-refractivity contribution in [3.8, 4) is 11.5 Å². The molecule has 0 saturated carbocycles. The van der Waals surface area contributed by atoms with E-state index in [0.29, 0.717) is 5.46 Å². The van der Waals surface area contributed by atoms with E-state index < -0.39 is 7.12 Å². The molecule has 0 bridgehead atoms. The van der Waals surface area contributed by atoms with E-state index in [-0.39, 0.29) is 11.5 Å². The number of hydrogen-bond acceptors (Lipinski definition) is 4. The fraction of sp³-hybridized carbons (Fsp3) is 0.143. The number of aromatic hydroxyl groups is 2. The highest BCUT2D eigenvalue weighted by molar-refractivity contribution is 6.60. The van der Waals surface area contributed by atoms with Crippen LogP contribution in [-0.4, -0.2) is 29.5 Å². The van der Waals surface area contributed by atoms with Gasteiger partial charge in [0.1, 0.15) is 11.5 Å². The summed E-state index contributed by atoms with van der Waals surface area (Å²) in [6.45, 7) is 0. The van der Waals surface area contributed by atoms with Crippen LogP contribution in [0.25, 0.3) is 0 Å². The Morgan fingerprint density at radius 3 is 2.08 bits per heavy atom. The molecule has 12 heavy (non-hydrogen) atoms. The quantitative estimate of drug-likeness (QED) is 0.517. The summed E-state index contributed by atoms with van der Waals surface area (Å²) in [5, 5.41) is 27.2. The van der Waals surface area contributed by atoms with Crippen LogP contribution in [0.15, 0.2) is 18.2 Å². The second-order valence-electron chi connectivity index (χ2n) is 2.37. The van der Waals surface area contributed by atoms with Crippen molar-refractivity contribution in [3.05, 3.63) is 18.2 Å². The van der Waals surface area contributed by atoms with Gasteiger partial charge < -0.3 is 19.9 Å². The summed E-state index contributed by atoms with van der Waals surface area (Å²) in [4.78, 5) is 0. The first-order valence-electron chi connectivity index (χ1n) is 3.37. The van der Waals surface area contributed by atoms with Crippen LogP contribution < -0.4 is 5.46 Å². The summed E-state index contributed by atoms with van der Waals surface area (Å²) >= 11 is 0. The molecule has 1 aromatic carbocycles. The molecular weight excluding hydrogens is 159 g/mol. The van der Waals surface area contributed by atoms with Gasteiger partial charge in [0.25, 0.3) is 0 Å². The predicted molar refractivity (Wildman–Crippen MR) is 44.4 cm³/mol. The molecule has 0 unspecified atom stereocenters. The average molecular weight is 168 g/mol. The first-order valence-corrected chi connectivity index (χ1v) is 3.37. The number of hydrogen-bond donors (Lipinski definition) is 3. The van der Waals surface area contributed by atoms with E-state index in [1.54, 1.807) is 0 Å². The van der Waals surface area contributed by atoms with Gasteiger partial charge in [0.2, 0.25) is 0 Å². The van der Waals surface area contributed by atoms with Crippen molar-refractivity contribution < 1.29 is 19.9 Å². The van der Waals surface area contributed by atoms with E-state index >= 15 is 0 Å². The van der Waals surface area contributed by atoms with Gasteiger partial charge >= 0.3 is 7.12 Å². The van der Waals surface area contributed by atoms with Gasteiger partial charge in [0, 0.05) is 13.2 Å². The molecule has 0 saturated heterocycles. The van der Waals surface area contributed by atoms with Gasteiger partial charge in [-0.2, -0.15) is 0 Å². The lowest BCUT2D eigenvalue weighted by molar-refractivity contribution is 0.341. The molecule has 0 amide bonds. The molecule has 5 heteroatoms. The Labute approximate surface area is 70.2 Å². The maximum Gasteiger partial charge on any atom is 0.491 e. The number of rotatable bonds is 2. The molecule has 4 nitrogen and oxygen atoms in total. The first kappa shape index (κ1) is 8.90. The maximum atomic E-state index is 9.13. The highest BCUT2D eigenvalue weighted by atomic mass is 16.5. The zero-order chi connectivity index (χ0) is 9.14. The summed E-state index contributed by atoms with van der Waals surface area (Å²) in [5.41, 5.74) is 0.315. The van der Waals surface area contributed by atoms with E-state index in [0.717, 1.165) is 0 Å². The summed E-state index contributed by atoms with van der Waals surface area (Å²) in [5.74, 6) is -0.220. The van der Waals surface area contributed by atoms with Gasteiger partial charge in [-0.25, -0.2) is 0 Å². The van der Waals surface area contributed by atoms with Gasteiger partial charge in [-0.3, -0.25) is 0 Å². The zero-order valence-corrected chi connectivity index (χ0v) is 6.56. The number of phenols is 2. The Morgan fingerprint density at radius 2 is 1.67 bits per heavy atom. The molecule has 64 valence electrons. The average Bonchev–Trinajstić information content (AvgIpc) is 2.01. The lowest BCUT2D eigenvalue weighted by Gasteiger charge is -2.04. The molecule has 0 aliphatic heterocycles. The highest BCUT2D eigenvalue weighted by Crippen LogP contribution is 2.14. The van der Waals surface area contributed by atoms with Crippen LogP contribution in [0.4, 0.5) is 0 Å². The van der Waals surface area contributed by atoms with Crippen LogP contribution in [0.1, 0.15) is 0 Å². The Hall–Kier alpha value is -1.20. The number of benzene rings is 1. The van der Waals surface area contributed by atoms with E-state index in [4.69, 9.17) is 15.2 Å². The monoisotopic (exact) mass is 168 g/mol. The minimum atomic E-state index is -1.12. The molecule has 0 aliphatic rings. The van der Waals surface area contributed by atoms with Crippen LogP contribution in [0.3, 0.4) is 0 Å². The highest BCUT2D eigenvalue weighted by Gasteiger charge is 2.15. The van der Waals surface area contributed by atoms with Crippen LogP contribution in [-0.2, 0) is 4.65 Å².